The first kappa shape index (κ1) is 13.6. The maximum Gasteiger partial charge on any atom is 0.0303 e. The molecule has 3 heteroatoms. The third kappa shape index (κ3) is 3.00. The summed E-state index contributed by atoms with van der Waals surface area (Å²) in [4.78, 5) is 1.10. The fourth-order valence-corrected chi connectivity index (χ4v) is 2.18. The largest absolute Gasteiger partial charge is 0.324 e. The average Bonchev–Trinajstić information content (AvgIpc) is 2.26. The lowest BCUT2D eigenvalue weighted by Gasteiger charge is -2.22. The molecule has 1 aromatic carbocycles. The molecule has 2 nitrogen and oxygen atoms in total. The SMILES string of the molecule is CCC(N)c1ccc(C(C)(C)C)cc1SN. The maximum absolute atomic E-state index is 6.06. The zero-order valence-electron chi connectivity index (χ0n) is 10.6. The van der Waals surface area contributed by atoms with E-state index in [2.05, 4.69) is 45.9 Å². The summed E-state index contributed by atoms with van der Waals surface area (Å²) < 4.78 is 0. The summed E-state index contributed by atoms with van der Waals surface area (Å²) in [6, 6.07) is 6.52. The van der Waals surface area contributed by atoms with Gasteiger partial charge in [0.2, 0.25) is 0 Å². The first-order valence-corrected chi connectivity index (χ1v) is 6.54. The van der Waals surface area contributed by atoms with Gasteiger partial charge in [0, 0.05) is 10.9 Å². The molecule has 1 atom stereocenters. The Bertz CT molecular complexity index is 355. The van der Waals surface area contributed by atoms with Gasteiger partial charge in [-0.25, -0.2) is 0 Å². The number of benzene rings is 1. The average molecular weight is 238 g/mol. The Labute approximate surface area is 103 Å². The van der Waals surface area contributed by atoms with Crippen molar-refractivity contribution in [2.24, 2.45) is 10.9 Å². The van der Waals surface area contributed by atoms with Crippen LogP contribution in [0.3, 0.4) is 0 Å². The van der Waals surface area contributed by atoms with E-state index in [1.54, 1.807) is 0 Å². The maximum atomic E-state index is 6.06. The van der Waals surface area contributed by atoms with Gasteiger partial charge in [0.15, 0.2) is 0 Å². The van der Waals surface area contributed by atoms with E-state index in [0.29, 0.717) is 0 Å². The predicted octanol–water partition coefficient (Wildman–Crippen LogP) is 3.36. The molecule has 0 aliphatic rings. The zero-order chi connectivity index (χ0) is 12.3. The molecule has 1 rings (SSSR count). The second-order valence-electron chi connectivity index (χ2n) is 5.14. The Morgan fingerprint density at radius 1 is 1.31 bits per heavy atom. The van der Waals surface area contributed by atoms with Gasteiger partial charge in [-0.05, 0) is 41.0 Å². The van der Waals surface area contributed by atoms with Crippen LogP contribution in [0.15, 0.2) is 23.1 Å². The van der Waals surface area contributed by atoms with E-state index in [0.717, 1.165) is 16.9 Å². The van der Waals surface area contributed by atoms with E-state index in [-0.39, 0.29) is 11.5 Å². The molecule has 0 aliphatic heterocycles. The highest BCUT2D eigenvalue weighted by molar-refractivity contribution is 7.97. The fraction of sp³-hybridized carbons (Fsp3) is 0.538. The molecular formula is C13H22N2S. The van der Waals surface area contributed by atoms with E-state index < -0.39 is 0 Å². The van der Waals surface area contributed by atoms with E-state index in [4.69, 9.17) is 10.9 Å². The molecule has 0 aromatic heterocycles. The number of hydrogen-bond acceptors (Lipinski definition) is 3. The molecule has 0 saturated carbocycles. The second kappa shape index (κ2) is 5.21. The monoisotopic (exact) mass is 238 g/mol. The van der Waals surface area contributed by atoms with Crippen LogP contribution >= 0.6 is 11.9 Å². The van der Waals surface area contributed by atoms with Crippen molar-refractivity contribution in [2.45, 2.75) is 50.5 Å². The molecule has 0 heterocycles. The minimum atomic E-state index is 0.0834. The van der Waals surface area contributed by atoms with Gasteiger partial charge in [0.1, 0.15) is 0 Å². The minimum absolute atomic E-state index is 0.0834. The van der Waals surface area contributed by atoms with Gasteiger partial charge in [-0.1, -0.05) is 39.8 Å². The van der Waals surface area contributed by atoms with Crippen molar-refractivity contribution in [1.29, 1.82) is 0 Å². The molecule has 4 N–H and O–H groups in total. The highest BCUT2D eigenvalue weighted by Crippen LogP contribution is 2.31. The standard InChI is InChI=1S/C13H22N2S/c1-5-11(14)10-7-6-9(13(2,3)4)8-12(10)16-15/h6-8,11H,5,14-15H2,1-4H3. The van der Waals surface area contributed by atoms with E-state index in [1.165, 1.54) is 17.5 Å². The van der Waals surface area contributed by atoms with Crippen LogP contribution in [-0.2, 0) is 5.41 Å². The molecular weight excluding hydrogens is 216 g/mol. The highest BCUT2D eigenvalue weighted by atomic mass is 32.2. The zero-order valence-corrected chi connectivity index (χ0v) is 11.4. The number of hydrogen-bond donors (Lipinski definition) is 2. The summed E-state index contributed by atoms with van der Waals surface area (Å²) in [5.41, 5.74) is 8.67. The van der Waals surface area contributed by atoms with Crippen LogP contribution in [0.5, 0.6) is 0 Å². The quantitative estimate of drug-likeness (QED) is 0.794. The Balaban J connectivity index is 3.17. The van der Waals surface area contributed by atoms with Crippen LogP contribution in [0.25, 0.3) is 0 Å². The Morgan fingerprint density at radius 3 is 2.38 bits per heavy atom. The van der Waals surface area contributed by atoms with Gasteiger partial charge in [-0.3, -0.25) is 5.14 Å². The topological polar surface area (TPSA) is 52.0 Å². The van der Waals surface area contributed by atoms with Gasteiger partial charge >= 0.3 is 0 Å². The Kier molecular flexibility index (Phi) is 4.42. The normalized spacial score (nSPS) is 13.9. The number of rotatable bonds is 3. The van der Waals surface area contributed by atoms with Crippen LogP contribution in [0.2, 0.25) is 0 Å². The van der Waals surface area contributed by atoms with Crippen molar-refractivity contribution in [3.05, 3.63) is 29.3 Å². The molecule has 0 spiro atoms. The van der Waals surface area contributed by atoms with Crippen LogP contribution < -0.4 is 10.9 Å². The van der Waals surface area contributed by atoms with Crippen molar-refractivity contribution in [3.63, 3.8) is 0 Å². The smallest absolute Gasteiger partial charge is 0.0303 e. The number of nitrogens with two attached hydrogens (primary N) is 2. The van der Waals surface area contributed by atoms with Crippen molar-refractivity contribution < 1.29 is 0 Å². The molecule has 0 aliphatic carbocycles. The van der Waals surface area contributed by atoms with E-state index in [9.17, 15) is 0 Å². The van der Waals surface area contributed by atoms with E-state index in [1.807, 2.05) is 0 Å². The lowest BCUT2D eigenvalue weighted by Crippen LogP contribution is -2.14. The van der Waals surface area contributed by atoms with Crippen LogP contribution in [-0.4, -0.2) is 0 Å². The van der Waals surface area contributed by atoms with Crippen LogP contribution in [0.4, 0.5) is 0 Å². The van der Waals surface area contributed by atoms with Gasteiger partial charge in [-0.15, -0.1) is 0 Å². The summed E-state index contributed by atoms with van der Waals surface area (Å²) >= 11 is 1.29. The molecule has 0 amide bonds. The Morgan fingerprint density at radius 2 is 1.94 bits per heavy atom. The lowest BCUT2D eigenvalue weighted by molar-refractivity contribution is 0.586. The fourth-order valence-electron chi connectivity index (χ4n) is 1.63. The molecule has 0 fully saturated rings. The van der Waals surface area contributed by atoms with Gasteiger partial charge in [-0.2, -0.15) is 0 Å². The van der Waals surface area contributed by atoms with Gasteiger partial charge < -0.3 is 5.73 Å². The van der Waals surface area contributed by atoms with Crippen LogP contribution in [0, 0.1) is 0 Å². The first-order chi connectivity index (χ1) is 7.40. The summed E-state index contributed by atoms with van der Waals surface area (Å²) in [6.45, 7) is 8.69. The first-order valence-electron chi connectivity index (χ1n) is 5.67. The van der Waals surface area contributed by atoms with Crippen molar-refractivity contribution in [2.75, 3.05) is 0 Å². The summed E-state index contributed by atoms with van der Waals surface area (Å²) in [5, 5.41) is 5.72. The van der Waals surface area contributed by atoms with E-state index >= 15 is 0 Å². The molecule has 1 aromatic rings. The van der Waals surface area contributed by atoms with Crippen LogP contribution in [0.1, 0.15) is 51.3 Å². The summed E-state index contributed by atoms with van der Waals surface area (Å²) in [7, 11) is 0. The lowest BCUT2D eigenvalue weighted by atomic mass is 9.86. The minimum Gasteiger partial charge on any atom is -0.324 e. The van der Waals surface area contributed by atoms with Gasteiger partial charge in [0.25, 0.3) is 0 Å². The summed E-state index contributed by atoms with van der Waals surface area (Å²) in [6.07, 6.45) is 0.933. The highest BCUT2D eigenvalue weighted by Gasteiger charge is 2.17. The molecule has 1 unspecified atom stereocenters. The van der Waals surface area contributed by atoms with Crippen molar-refractivity contribution in [1.82, 2.24) is 0 Å². The predicted molar refractivity (Wildman–Crippen MR) is 72.4 cm³/mol. The molecule has 0 bridgehead atoms. The summed E-state index contributed by atoms with van der Waals surface area (Å²) in [5.74, 6) is 0. The van der Waals surface area contributed by atoms with Gasteiger partial charge in [0.05, 0.1) is 0 Å². The Hall–Kier alpha value is -0.510. The molecule has 0 saturated heterocycles. The molecule has 0 radical (unpaired) electrons. The third-order valence-corrected chi connectivity index (χ3v) is 3.45. The van der Waals surface area contributed by atoms with Crippen molar-refractivity contribution >= 4 is 11.9 Å². The molecule has 16 heavy (non-hydrogen) atoms. The molecule has 90 valence electrons. The second-order valence-corrected chi connectivity index (χ2v) is 5.81. The third-order valence-electron chi connectivity index (χ3n) is 2.85. The van der Waals surface area contributed by atoms with Crippen molar-refractivity contribution in [3.8, 4) is 0 Å².